The Morgan fingerprint density at radius 3 is 2.84 bits per heavy atom. The van der Waals surface area contributed by atoms with Crippen molar-refractivity contribution in [1.29, 1.82) is 0 Å². The molecule has 2 fully saturated rings. The number of quaternary nitrogens is 1. The SMILES string of the molecule is O=C(NCC1([NH+]2CCOCC2)CCCCC1)c1ccc2nc[nH]c2c1. The number of carbonyl (C=O) groups excluding carboxylic acids is 1. The van der Waals surface area contributed by atoms with E-state index in [9.17, 15) is 4.79 Å². The second-order valence-corrected chi connectivity index (χ2v) is 7.37. The molecule has 0 unspecified atom stereocenters. The van der Waals surface area contributed by atoms with Gasteiger partial charge < -0.3 is 19.9 Å². The number of ether oxygens (including phenoxy) is 1. The highest BCUT2D eigenvalue weighted by Gasteiger charge is 2.42. The fourth-order valence-electron chi connectivity index (χ4n) is 4.46. The highest BCUT2D eigenvalue weighted by molar-refractivity contribution is 5.97. The van der Waals surface area contributed by atoms with E-state index in [4.69, 9.17) is 4.74 Å². The maximum absolute atomic E-state index is 12.7. The smallest absolute Gasteiger partial charge is 0.251 e. The number of fused-ring (bicyclic) bond motifs is 1. The highest BCUT2D eigenvalue weighted by atomic mass is 16.5. The largest absolute Gasteiger partial charge is 0.370 e. The molecule has 0 radical (unpaired) electrons. The van der Waals surface area contributed by atoms with Gasteiger partial charge in [-0.3, -0.25) is 4.79 Å². The molecule has 0 bridgehead atoms. The van der Waals surface area contributed by atoms with Crippen molar-refractivity contribution in [3.8, 4) is 0 Å². The predicted molar refractivity (Wildman–Crippen MR) is 95.8 cm³/mol. The average Bonchev–Trinajstić information content (AvgIpc) is 3.15. The monoisotopic (exact) mass is 343 g/mol. The van der Waals surface area contributed by atoms with Crippen LogP contribution in [0.25, 0.3) is 11.0 Å². The Bertz CT molecular complexity index is 730. The third-order valence-corrected chi connectivity index (χ3v) is 5.93. The van der Waals surface area contributed by atoms with Crippen LogP contribution in [0.1, 0.15) is 42.5 Å². The van der Waals surface area contributed by atoms with E-state index >= 15 is 0 Å². The van der Waals surface area contributed by atoms with Crippen molar-refractivity contribution in [1.82, 2.24) is 15.3 Å². The number of nitrogens with zero attached hydrogens (tertiary/aromatic N) is 1. The van der Waals surface area contributed by atoms with E-state index in [0.717, 1.165) is 43.9 Å². The van der Waals surface area contributed by atoms with Crippen LogP contribution >= 0.6 is 0 Å². The molecule has 1 aromatic heterocycles. The highest BCUT2D eigenvalue weighted by Crippen LogP contribution is 2.25. The number of hydrogen-bond acceptors (Lipinski definition) is 3. The van der Waals surface area contributed by atoms with Gasteiger partial charge in [-0.15, -0.1) is 0 Å². The third-order valence-electron chi connectivity index (χ3n) is 5.93. The summed E-state index contributed by atoms with van der Waals surface area (Å²) in [4.78, 5) is 21.6. The summed E-state index contributed by atoms with van der Waals surface area (Å²) in [6, 6.07) is 5.63. The molecule has 0 atom stereocenters. The molecule has 3 N–H and O–H groups in total. The van der Waals surface area contributed by atoms with Crippen LogP contribution in [0.15, 0.2) is 24.5 Å². The van der Waals surface area contributed by atoms with E-state index in [1.807, 2.05) is 18.2 Å². The van der Waals surface area contributed by atoms with Crippen LogP contribution in [0.5, 0.6) is 0 Å². The number of aromatic nitrogens is 2. The topological polar surface area (TPSA) is 71.4 Å². The minimum absolute atomic E-state index is 0.00843. The van der Waals surface area contributed by atoms with Crippen molar-refractivity contribution < 1.29 is 14.4 Å². The normalized spacial score (nSPS) is 21.3. The van der Waals surface area contributed by atoms with Crippen LogP contribution in [0.3, 0.4) is 0 Å². The van der Waals surface area contributed by atoms with Gasteiger partial charge in [0.1, 0.15) is 18.6 Å². The van der Waals surface area contributed by atoms with Gasteiger partial charge in [0.2, 0.25) is 0 Å². The molecule has 6 nitrogen and oxygen atoms in total. The zero-order valence-corrected chi connectivity index (χ0v) is 14.6. The summed E-state index contributed by atoms with van der Waals surface area (Å²) in [5.41, 5.74) is 2.66. The van der Waals surface area contributed by atoms with Gasteiger partial charge in [0.15, 0.2) is 0 Å². The first-order valence-corrected chi connectivity index (χ1v) is 9.41. The lowest BCUT2D eigenvalue weighted by atomic mass is 9.79. The molecule has 134 valence electrons. The Morgan fingerprint density at radius 2 is 2.04 bits per heavy atom. The van der Waals surface area contributed by atoms with E-state index in [1.165, 1.54) is 32.1 Å². The van der Waals surface area contributed by atoms with Gasteiger partial charge in [-0.05, 0) is 31.0 Å². The molecule has 25 heavy (non-hydrogen) atoms. The van der Waals surface area contributed by atoms with Gasteiger partial charge in [0.05, 0.1) is 37.1 Å². The van der Waals surface area contributed by atoms with Gasteiger partial charge in [-0.25, -0.2) is 4.98 Å². The number of amides is 1. The van der Waals surface area contributed by atoms with Crippen LogP contribution < -0.4 is 10.2 Å². The van der Waals surface area contributed by atoms with Crippen molar-refractivity contribution >= 4 is 16.9 Å². The fraction of sp³-hybridized carbons (Fsp3) is 0.579. The molecule has 1 aromatic carbocycles. The maximum Gasteiger partial charge on any atom is 0.251 e. The minimum Gasteiger partial charge on any atom is -0.370 e. The van der Waals surface area contributed by atoms with Gasteiger partial charge in [-0.1, -0.05) is 6.42 Å². The molecule has 2 aliphatic rings. The Morgan fingerprint density at radius 1 is 1.24 bits per heavy atom. The van der Waals surface area contributed by atoms with Gasteiger partial charge in [-0.2, -0.15) is 0 Å². The van der Waals surface area contributed by atoms with Crippen molar-refractivity contribution in [2.24, 2.45) is 0 Å². The summed E-state index contributed by atoms with van der Waals surface area (Å²) in [6.45, 7) is 4.52. The number of morpholine rings is 1. The molecular formula is C19H27N4O2+. The second kappa shape index (κ2) is 7.14. The first-order chi connectivity index (χ1) is 12.3. The molecule has 2 aromatic rings. The standard InChI is InChI=1S/C19H26N4O2/c24-18(15-4-5-16-17(12-15)22-14-21-16)20-13-19(6-2-1-3-7-19)23-8-10-25-11-9-23/h4-5,12,14H,1-3,6-11,13H2,(H,20,24)(H,21,22)/p+1. The Labute approximate surface area is 147 Å². The van der Waals surface area contributed by atoms with E-state index < -0.39 is 0 Å². The molecule has 1 amide bonds. The van der Waals surface area contributed by atoms with E-state index in [2.05, 4.69) is 15.3 Å². The van der Waals surface area contributed by atoms with Crippen molar-refractivity contribution in [2.45, 2.75) is 37.6 Å². The van der Waals surface area contributed by atoms with E-state index in [0.29, 0.717) is 5.56 Å². The number of benzene rings is 1. The summed E-state index contributed by atoms with van der Waals surface area (Å²) < 4.78 is 5.55. The number of imidazole rings is 1. The number of rotatable bonds is 4. The summed E-state index contributed by atoms with van der Waals surface area (Å²) in [5.74, 6) is 0.00843. The van der Waals surface area contributed by atoms with Crippen molar-refractivity contribution in [3.63, 3.8) is 0 Å². The minimum atomic E-state index is 0.00843. The number of carbonyl (C=O) groups is 1. The quantitative estimate of drug-likeness (QED) is 0.773. The zero-order chi connectivity index (χ0) is 17.1. The number of nitrogens with one attached hydrogen (secondary N) is 3. The molecule has 4 rings (SSSR count). The van der Waals surface area contributed by atoms with E-state index in [-0.39, 0.29) is 11.4 Å². The molecule has 0 spiro atoms. The Hall–Kier alpha value is -1.92. The zero-order valence-electron chi connectivity index (χ0n) is 14.6. The van der Waals surface area contributed by atoms with Gasteiger partial charge in [0.25, 0.3) is 5.91 Å². The molecule has 1 saturated carbocycles. The summed E-state index contributed by atoms with van der Waals surface area (Å²) >= 11 is 0. The maximum atomic E-state index is 12.7. The van der Waals surface area contributed by atoms with Crippen LogP contribution in [-0.4, -0.2) is 54.3 Å². The summed E-state index contributed by atoms with van der Waals surface area (Å²) in [6.07, 6.45) is 7.90. The first kappa shape index (κ1) is 16.5. The Balaban J connectivity index is 1.47. The van der Waals surface area contributed by atoms with Crippen LogP contribution in [0.2, 0.25) is 0 Å². The number of hydrogen-bond donors (Lipinski definition) is 3. The summed E-state index contributed by atoms with van der Waals surface area (Å²) in [7, 11) is 0. The average molecular weight is 343 g/mol. The van der Waals surface area contributed by atoms with Crippen molar-refractivity contribution in [2.75, 3.05) is 32.8 Å². The molecule has 1 saturated heterocycles. The van der Waals surface area contributed by atoms with E-state index in [1.54, 1.807) is 11.2 Å². The second-order valence-electron chi connectivity index (χ2n) is 7.37. The third kappa shape index (κ3) is 3.41. The molecule has 1 aliphatic carbocycles. The summed E-state index contributed by atoms with van der Waals surface area (Å²) in [5, 5.41) is 3.23. The Kier molecular flexibility index (Phi) is 4.72. The van der Waals surface area contributed by atoms with Crippen LogP contribution in [0.4, 0.5) is 0 Å². The van der Waals surface area contributed by atoms with Crippen LogP contribution in [-0.2, 0) is 4.74 Å². The lowest BCUT2D eigenvalue weighted by molar-refractivity contribution is -0.960. The number of aromatic amines is 1. The molecule has 2 heterocycles. The van der Waals surface area contributed by atoms with Gasteiger partial charge in [0, 0.05) is 18.4 Å². The number of H-pyrrole nitrogens is 1. The molecule has 1 aliphatic heterocycles. The van der Waals surface area contributed by atoms with Crippen molar-refractivity contribution in [3.05, 3.63) is 30.1 Å². The predicted octanol–water partition coefficient (Wildman–Crippen LogP) is 0.911. The van der Waals surface area contributed by atoms with Gasteiger partial charge >= 0.3 is 0 Å². The molecule has 6 heteroatoms. The lowest BCUT2D eigenvalue weighted by Gasteiger charge is -2.45. The van der Waals surface area contributed by atoms with Crippen LogP contribution in [0, 0.1) is 0 Å². The molecular weight excluding hydrogens is 316 g/mol. The lowest BCUT2D eigenvalue weighted by Crippen LogP contribution is -3.23. The fourth-order valence-corrected chi connectivity index (χ4v) is 4.46. The first-order valence-electron chi connectivity index (χ1n) is 9.41.